The second kappa shape index (κ2) is 3.85. The lowest BCUT2D eigenvalue weighted by atomic mass is 9.52. The van der Waals surface area contributed by atoms with E-state index in [-0.39, 0.29) is 0 Å². The fourth-order valence-corrected chi connectivity index (χ4v) is 5.87. The maximum atomic E-state index is 2.90. The van der Waals surface area contributed by atoms with Gasteiger partial charge in [0.2, 0.25) is 0 Å². The van der Waals surface area contributed by atoms with Gasteiger partial charge in [-0.1, -0.05) is 11.1 Å². The number of hydrogen-bond donors (Lipinski definition) is 0. The molecule has 0 aromatic heterocycles. The highest BCUT2D eigenvalue weighted by molar-refractivity contribution is 5.18. The molecule has 100 valence electrons. The summed E-state index contributed by atoms with van der Waals surface area (Å²) >= 11 is 0. The predicted molar refractivity (Wildman–Crippen MR) is 75.5 cm³/mol. The number of rotatable bonds is 1. The summed E-state index contributed by atoms with van der Waals surface area (Å²) in [5.41, 5.74) is 3.96. The summed E-state index contributed by atoms with van der Waals surface area (Å²) in [6.07, 6.45) is 10.6. The highest BCUT2D eigenvalue weighted by Gasteiger charge is 2.53. The first kappa shape index (κ1) is 11.5. The van der Waals surface area contributed by atoms with E-state index in [4.69, 9.17) is 0 Å². The first-order valence-electron chi connectivity index (χ1n) is 8.05. The fourth-order valence-electron chi connectivity index (χ4n) is 5.87. The van der Waals surface area contributed by atoms with Crippen LogP contribution >= 0.6 is 0 Å². The van der Waals surface area contributed by atoms with Crippen LogP contribution in [0.2, 0.25) is 0 Å². The van der Waals surface area contributed by atoms with Gasteiger partial charge in [0.1, 0.15) is 0 Å². The second-order valence-corrected chi connectivity index (χ2v) is 7.87. The molecule has 0 saturated heterocycles. The zero-order valence-electron chi connectivity index (χ0n) is 12.0. The molecule has 0 atom stereocenters. The SMILES string of the molecule is CC1=C(C)CN(C23CC4CC(CC(C4)C2)C3)CC1. The molecule has 5 aliphatic rings. The van der Waals surface area contributed by atoms with Gasteiger partial charge >= 0.3 is 0 Å². The zero-order valence-corrected chi connectivity index (χ0v) is 12.0. The molecule has 18 heavy (non-hydrogen) atoms. The smallest absolute Gasteiger partial charge is 0.0221 e. The van der Waals surface area contributed by atoms with Gasteiger partial charge in [0.25, 0.3) is 0 Å². The van der Waals surface area contributed by atoms with Crippen LogP contribution in [-0.4, -0.2) is 23.5 Å². The van der Waals surface area contributed by atoms with E-state index < -0.39 is 0 Å². The molecule has 1 aliphatic heterocycles. The molecule has 0 unspecified atom stereocenters. The van der Waals surface area contributed by atoms with Crippen molar-refractivity contribution in [2.24, 2.45) is 17.8 Å². The van der Waals surface area contributed by atoms with Crippen LogP contribution in [0.3, 0.4) is 0 Å². The maximum Gasteiger partial charge on any atom is 0.0221 e. The molecular weight excluding hydrogens is 218 g/mol. The predicted octanol–water partition coefficient (Wildman–Crippen LogP) is 4.00. The van der Waals surface area contributed by atoms with E-state index in [9.17, 15) is 0 Å². The average molecular weight is 245 g/mol. The van der Waals surface area contributed by atoms with E-state index in [0.29, 0.717) is 5.54 Å². The number of nitrogens with zero attached hydrogens (tertiary/aromatic N) is 1. The fraction of sp³-hybridized carbons (Fsp3) is 0.882. The van der Waals surface area contributed by atoms with Crippen molar-refractivity contribution in [1.29, 1.82) is 0 Å². The Bertz CT molecular complexity index is 357. The van der Waals surface area contributed by atoms with Gasteiger partial charge < -0.3 is 0 Å². The summed E-state index contributed by atoms with van der Waals surface area (Å²) in [7, 11) is 0. The van der Waals surface area contributed by atoms with E-state index in [2.05, 4.69) is 18.7 Å². The number of hydrogen-bond acceptors (Lipinski definition) is 1. The van der Waals surface area contributed by atoms with Crippen LogP contribution in [0.15, 0.2) is 11.1 Å². The summed E-state index contributed by atoms with van der Waals surface area (Å²) in [4.78, 5) is 2.90. The van der Waals surface area contributed by atoms with E-state index in [1.807, 2.05) is 0 Å². The largest absolute Gasteiger partial charge is 0.293 e. The Labute approximate surface area is 112 Å². The van der Waals surface area contributed by atoms with Gasteiger partial charge in [-0.05, 0) is 76.5 Å². The lowest BCUT2D eigenvalue weighted by molar-refractivity contribution is -0.0868. The molecule has 0 spiro atoms. The molecule has 1 heterocycles. The van der Waals surface area contributed by atoms with Crippen molar-refractivity contribution in [2.75, 3.05) is 13.1 Å². The van der Waals surface area contributed by atoms with Crippen LogP contribution in [-0.2, 0) is 0 Å². The molecular formula is C17H27N. The van der Waals surface area contributed by atoms with E-state index in [0.717, 1.165) is 17.8 Å². The van der Waals surface area contributed by atoms with Crippen molar-refractivity contribution < 1.29 is 0 Å². The Hall–Kier alpha value is -0.300. The minimum absolute atomic E-state index is 0.636. The molecule has 4 aliphatic carbocycles. The van der Waals surface area contributed by atoms with E-state index in [1.165, 1.54) is 38.8 Å². The van der Waals surface area contributed by atoms with Crippen molar-refractivity contribution in [3.8, 4) is 0 Å². The highest BCUT2D eigenvalue weighted by atomic mass is 15.2. The molecule has 1 heteroatoms. The molecule has 0 aromatic rings. The first-order valence-corrected chi connectivity index (χ1v) is 8.05. The third kappa shape index (κ3) is 1.62. The Kier molecular flexibility index (Phi) is 2.46. The topological polar surface area (TPSA) is 3.24 Å². The van der Waals surface area contributed by atoms with Crippen LogP contribution < -0.4 is 0 Å². The summed E-state index contributed by atoms with van der Waals surface area (Å²) < 4.78 is 0. The van der Waals surface area contributed by atoms with Gasteiger partial charge in [-0.2, -0.15) is 0 Å². The van der Waals surface area contributed by atoms with Crippen LogP contribution in [0.5, 0.6) is 0 Å². The Morgan fingerprint density at radius 3 is 1.94 bits per heavy atom. The lowest BCUT2D eigenvalue weighted by Gasteiger charge is -2.61. The minimum atomic E-state index is 0.636. The van der Waals surface area contributed by atoms with Gasteiger partial charge in [-0.25, -0.2) is 0 Å². The van der Waals surface area contributed by atoms with Crippen LogP contribution in [0, 0.1) is 17.8 Å². The standard InChI is InChI=1S/C17H27N/c1-12-3-4-18(11-13(12)2)17-8-14-5-15(9-17)7-16(6-14)10-17/h14-16H,3-11H2,1-2H3. The van der Waals surface area contributed by atoms with Crippen molar-refractivity contribution in [3.63, 3.8) is 0 Å². The van der Waals surface area contributed by atoms with Crippen molar-refractivity contribution >= 4 is 0 Å². The molecule has 5 rings (SSSR count). The second-order valence-electron chi connectivity index (χ2n) is 7.87. The van der Waals surface area contributed by atoms with Crippen LogP contribution in [0.4, 0.5) is 0 Å². The van der Waals surface area contributed by atoms with Gasteiger partial charge in [0.05, 0.1) is 0 Å². The summed E-state index contributed by atoms with van der Waals surface area (Å²) in [6, 6.07) is 0. The first-order chi connectivity index (χ1) is 8.64. The minimum Gasteiger partial charge on any atom is -0.293 e. The average Bonchev–Trinajstić information content (AvgIpc) is 2.31. The molecule has 0 N–H and O–H groups in total. The normalized spacial score (nSPS) is 48.0. The Balaban J connectivity index is 1.61. The van der Waals surface area contributed by atoms with E-state index >= 15 is 0 Å². The monoisotopic (exact) mass is 245 g/mol. The van der Waals surface area contributed by atoms with Gasteiger partial charge in [0.15, 0.2) is 0 Å². The van der Waals surface area contributed by atoms with Crippen molar-refractivity contribution in [3.05, 3.63) is 11.1 Å². The lowest BCUT2D eigenvalue weighted by Crippen LogP contribution is -2.61. The van der Waals surface area contributed by atoms with Gasteiger partial charge in [0, 0.05) is 18.6 Å². The molecule has 0 aromatic carbocycles. The molecule has 4 bridgehead atoms. The van der Waals surface area contributed by atoms with Crippen LogP contribution in [0.1, 0.15) is 58.8 Å². The third-order valence-corrected chi connectivity index (χ3v) is 6.59. The van der Waals surface area contributed by atoms with Gasteiger partial charge in [-0.15, -0.1) is 0 Å². The molecule has 0 amide bonds. The van der Waals surface area contributed by atoms with Crippen LogP contribution in [0.25, 0.3) is 0 Å². The maximum absolute atomic E-state index is 2.90. The van der Waals surface area contributed by atoms with Crippen molar-refractivity contribution in [1.82, 2.24) is 4.90 Å². The Morgan fingerprint density at radius 2 is 1.44 bits per heavy atom. The zero-order chi connectivity index (χ0) is 12.3. The molecule has 4 fully saturated rings. The van der Waals surface area contributed by atoms with E-state index in [1.54, 1.807) is 30.4 Å². The summed E-state index contributed by atoms with van der Waals surface area (Å²) in [6.45, 7) is 7.32. The quantitative estimate of drug-likeness (QED) is 0.631. The third-order valence-electron chi connectivity index (χ3n) is 6.59. The molecule has 0 radical (unpaired) electrons. The summed E-state index contributed by atoms with van der Waals surface area (Å²) in [5, 5.41) is 0. The molecule has 4 saturated carbocycles. The Morgan fingerprint density at radius 1 is 0.889 bits per heavy atom. The highest BCUT2D eigenvalue weighted by Crippen LogP contribution is 2.58. The van der Waals surface area contributed by atoms with Gasteiger partial charge in [-0.3, -0.25) is 4.90 Å². The summed E-state index contributed by atoms with van der Waals surface area (Å²) in [5.74, 6) is 3.26. The van der Waals surface area contributed by atoms with Crippen molar-refractivity contribution in [2.45, 2.75) is 64.3 Å². The molecule has 1 nitrogen and oxygen atoms in total.